The molecule has 0 aliphatic carbocycles. The molecular weight excluding hydrogens is 206 g/mol. The van der Waals surface area contributed by atoms with Crippen LogP contribution in [0.15, 0.2) is 24.3 Å². The van der Waals surface area contributed by atoms with Gasteiger partial charge in [-0.3, -0.25) is 0 Å². The lowest BCUT2D eigenvalue weighted by Crippen LogP contribution is -2.22. The van der Waals surface area contributed by atoms with E-state index < -0.39 is 0 Å². The summed E-state index contributed by atoms with van der Waals surface area (Å²) < 4.78 is 0. The Morgan fingerprint density at radius 3 is 2.60 bits per heavy atom. The monoisotopic (exact) mass is 225 g/mol. The Morgan fingerprint density at radius 1 is 1.27 bits per heavy atom. The third-order valence-corrected chi connectivity index (χ3v) is 2.95. The van der Waals surface area contributed by atoms with E-state index in [9.17, 15) is 0 Å². The Bertz CT molecular complexity index is 286. The summed E-state index contributed by atoms with van der Waals surface area (Å²) in [6.45, 7) is 5.46. The topological polar surface area (TPSA) is 12.0 Å². The summed E-state index contributed by atoms with van der Waals surface area (Å²) in [6.07, 6.45) is 3.53. The fourth-order valence-corrected chi connectivity index (χ4v) is 1.95. The molecule has 0 aliphatic rings. The van der Waals surface area contributed by atoms with Gasteiger partial charge in [0, 0.05) is 11.1 Å². The second kappa shape index (κ2) is 6.86. The predicted octanol–water partition coefficient (Wildman–Crippen LogP) is 4.18. The molecule has 0 bridgehead atoms. The minimum absolute atomic E-state index is 0.394. The van der Waals surface area contributed by atoms with Crippen LogP contribution in [0.1, 0.15) is 44.7 Å². The molecule has 0 aliphatic heterocycles. The summed E-state index contributed by atoms with van der Waals surface area (Å²) in [5.41, 5.74) is 1.22. The second-order valence-electron chi connectivity index (χ2n) is 3.79. The zero-order valence-electron chi connectivity index (χ0n) is 9.59. The molecule has 1 atom stereocenters. The average Bonchev–Trinajstić information content (AvgIpc) is 2.26. The zero-order valence-corrected chi connectivity index (χ0v) is 10.3. The van der Waals surface area contributed by atoms with Crippen molar-refractivity contribution in [2.24, 2.45) is 0 Å². The highest BCUT2D eigenvalue weighted by Crippen LogP contribution is 2.24. The van der Waals surface area contributed by atoms with Gasteiger partial charge in [-0.1, -0.05) is 50.1 Å². The van der Waals surface area contributed by atoms with Crippen molar-refractivity contribution in [1.82, 2.24) is 5.32 Å². The molecule has 15 heavy (non-hydrogen) atoms. The van der Waals surface area contributed by atoms with Crippen molar-refractivity contribution in [3.05, 3.63) is 34.9 Å². The van der Waals surface area contributed by atoms with Gasteiger partial charge in [-0.25, -0.2) is 0 Å². The third kappa shape index (κ3) is 3.84. The SMILES string of the molecule is CCCCN[C@@H](CC)c1ccccc1Cl. The van der Waals surface area contributed by atoms with Crippen molar-refractivity contribution in [1.29, 1.82) is 0 Å². The van der Waals surface area contributed by atoms with E-state index in [1.165, 1.54) is 18.4 Å². The summed E-state index contributed by atoms with van der Waals surface area (Å²) in [5.74, 6) is 0. The first-order valence-corrected chi connectivity index (χ1v) is 6.15. The molecule has 1 aromatic rings. The Labute approximate surface area is 97.8 Å². The molecule has 84 valence electrons. The van der Waals surface area contributed by atoms with Gasteiger partial charge in [0.05, 0.1) is 0 Å². The summed E-state index contributed by atoms with van der Waals surface area (Å²) in [7, 11) is 0. The Kier molecular flexibility index (Phi) is 5.74. The van der Waals surface area contributed by atoms with Crippen molar-refractivity contribution in [2.75, 3.05) is 6.54 Å². The van der Waals surface area contributed by atoms with Crippen LogP contribution in [0, 0.1) is 0 Å². The molecule has 0 unspecified atom stereocenters. The number of halogens is 1. The molecule has 0 fully saturated rings. The first-order valence-electron chi connectivity index (χ1n) is 5.77. The number of benzene rings is 1. The summed E-state index contributed by atoms with van der Waals surface area (Å²) >= 11 is 6.17. The van der Waals surface area contributed by atoms with Crippen LogP contribution in [0.5, 0.6) is 0 Å². The maximum atomic E-state index is 6.17. The molecule has 0 amide bonds. The number of hydrogen-bond donors (Lipinski definition) is 1. The lowest BCUT2D eigenvalue weighted by molar-refractivity contribution is 0.508. The Morgan fingerprint density at radius 2 is 2.00 bits per heavy atom. The van der Waals surface area contributed by atoms with Crippen molar-refractivity contribution in [3.63, 3.8) is 0 Å². The van der Waals surface area contributed by atoms with Crippen molar-refractivity contribution in [3.8, 4) is 0 Å². The maximum Gasteiger partial charge on any atom is 0.0453 e. The summed E-state index contributed by atoms with van der Waals surface area (Å²) in [4.78, 5) is 0. The minimum atomic E-state index is 0.394. The minimum Gasteiger partial charge on any atom is -0.310 e. The van der Waals surface area contributed by atoms with Gasteiger partial charge in [0.2, 0.25) is 0 Å². The van der Waals surface area contributed by atoms with Gasteiger partial charge in [-0.05, 0) is 31.0 Å². The first-order chi connectivity index (χ1) is 7.29. The van der Waals surface area contributed by atoms with E-state index in [0.29, 0.717) is 6.04 Å². The van der Waals surface area contributed by atoms with Crippen LogP contribution < -0.4 is 5.32 Å². The van der Waals surface area contributed by atoms with Gasteiger partial charge >= 0.3 is 0 Å². The van der Waals surface area contributed by atoms with Crippen LogP contribution in [-0.2, 0) is 0 Å². The molecule has 0 saturated carbocycles. The van der Waals surface area contributed by atoms with Crippen LogP contribution in [0.2, 0.25) is 5.02 Å². The number of hydrogen-bond acceptors (Lipinski definition) is 1. The first kappa shape index (κ1) is 12.5. The molecule has 0 aromatic heterocycles. The zero-order chi connectivity index (χ0) is 11.1. The van der Waals surface area contributed by atoms with Crippen molar-refractivity contribution < 1.29 is 0 Å². The Hall–Kier alpha value is -0.530. The predicted molar refractivity (Wildman–Crippen MR) is 67.4 cm³/mol. The number of nitrogens with one attached hydrogen (secondary N) is 1. The number of unbranched alkanes of at least 4 members (excludes halogenated alkanes) is 1. The van der Waals surface area contributed by atoms with Crippen LogP contribution >= 0.6 is 11.6 Å². The third-order valence-electron chi connectivity index (χ3n) is 2.61. The van der Waals surface area contributed by atoms with Gasteiger partial charge in [0.15, 0.2) is 0 Å². The molecule has 0 radical (unpaired) electrons. The van der Waals surface area contributed by atoms with E-state index in [4.69, 9.17) is 11.6 Å². The standard InChI is InChI=1S/C13H20ClN/c1-3-5-10-15-13(4-2)11-8-6-7-9-12(11)14/h6-9,13,15H,3-5,10H2,1-2H3/t13-/m0/s1. The molecule has 1 nitrogen and oxygen atoms in total. The van der Waals surface area contributed by atoms with Gasteiger partial charge in [-0.15, -0.1) is 0 Å². The van der Waals surface area contributed by atoms with Crippen molar-refractivity contribution >= 4 is 11.6 Å². The average molecular weight is 226 g/mol. The normalized spacial score (nSPS) is 12.7. The molecule has 1 N–H and O–H groups in total. The van der Waals surface area contributed by atoms with E-state index in [2.05, 4.69) is 25.2 Å². The van der Waals surface area contributed by atoms with Gasteiger partial charge in [0.1, 0.15) is 0 Å². The lowest BCUT2D eigenvalue weighted by atomic mass is 10.0. The molecule has 0 spiro atoms. The fraction of sp³-hybridized carbons (Fsp3) is 0.538. The second-order valence-corrected chi connectivity index (χ2v) is 4.20. The van der Waals surface area contributed by atoms with Gasteiger partial charge in [0.25, 0.3) is 0 Å². The smallest absolute Gasteiger partial charge is 0.0453 e. The van der Waals surface area contributed by atoms with E-state index in [-0.39, 0.29) is 0 Å². The van der Waals surface area contributed by atoms with Crippen LogP contribution in [0.4, 0.5) is 0 Å². The molecule has 1 aromatic carbocycles. The van der Waals surface area contributed by atoms with E-state index >= 15 is 0 Å². The molecule has 1 rings (SSSR count). The fourth-order valence-electron chi connectivity index (χ4n) is 1.68. The molecular formula is C13H20ClN. The summed E-state index contributed by atoms with van der Waals surface area (Å²) in [5, 5.41) is 4.41. The maximum absolute atomic E-state index is 6.17. The van der Waals surface area contributed by atoms with Gasteiger partial charge in [-0.2, -0.15) is 0 Å². The van der Waals surface area contributed by atoms with E-state index in [0.717, 1.165) is 18.0 Å². The summed E-state index contributed by atoms with van der Waals surface area (Å²) in [6, 6.07) is 8.48. The number of rotatable bonds is 6. The largest absolute Gasteiger partial charge is 0.310 e. The molecule has 2 heteroatoms. The van der Waals surface area contributed by atoms with E-state index in [1.807, 2.05) is 18.2 Å². The van der Waals surface area contributed by atoms with Crippen molar-refractivity contribution in [2.45, 2.75) is 39.2 Å². The highest BCUT2D eigenvalue weighted by atomic mass is 35.5. The van der Waals surface area contributed by atoms with E-state index in [1.54, 1.807) is 0 Å². The highest BCUT2D eigenvalue weighted by Gasteiger charge is 2.10. The Balaban J connectivity index is 2.61. The lowest BCUT2D eigenvalue weighted by Gasteiger charge is -2.18. The highest BCUT2D eigenvalue weighted by molar-refractivity contribution is 6.31. The molecule has 0 heterocycles. The van der Waals surface area contributed by atoms with Crippen LogP contribution in [0.25, 0.3) is 0 Å². The molecule has 0 saturated heterocycles. The van der Waals surface area contributed by atoms with Gasteiger partial charge < -0.3 is 5.32 Å². The van der Waals surface area contributed by atoms with Crippen LogP contribution in [0.3, 0.4) is 0 Å². The van der Waals surface area contributed by atoms with Crippen LogP contribution in [-0.4, -0.2) is 6.54 Å². The quantitative estimate of drug-likeness (QED) is 0.717.